The predicted octanol–water partition coefficient (Wildman–Crippen LogP) is 17.9. The zero-order chi connectivity index (χ0) is 44.5. The fourth-order valence-corrected chi connectivity index (χ4v) is 14.1. The molecule has 0 amide bonds. The predicted molar refractivity (Wildman–Crippen MR) is 292 cm³/mol. The molecule has 0 bridgehead atoms. The van der Waals surface area contributed by atoms with E-state index in [2.05, 4.69) is 211 Å². The highest BCUT2D eigenvalue weighted by molar-refractivity contribution is 7.26. The van der Waals surface area contributed by atoms with Gasteiger partial charge in [0.15, 0.2) is 17.5 Å². The fourth-order valence-electron chi connectivity index (χ4n) is 10.7. The van der Waals surface area contributed by atoms with Gasteiger partial charge < -0.3 is 4.57 Å². The smallest absolute Gasteiger partial charge is 0.164 e. The number of para-hydroxylation sites is 1. The lowest BCUT2D eigenvalue weighted by atomic mass is 9.95. The lowest BCUT2D eigenvalue weighted by molar-refractivity contribution is 1.08. The first kappa shape index (κ1) is 38.1. The van der Waals surface area contributed by atoms with E-state index in [9.17, 15) is 0 Å². The molecule has 4 nitrogen and oxygen atoms in total. The molecule has 0 unspecified atom stereocenters. The first-order valence-corrected chi connectivity index (χ1v) is 25.2. The van der Waals surface area contributed by atoms with Crippen LogP contribution in [0.5, 0.6) is 0 Å². The minimum absolute atomic E-state index is 0.626. The van der Waals surface area contributed by atoms with Crippen molar-refractivity contribution in [1.82, 2.24) is 19.5 Å². The summed E-state index contributed by atoms with van der Waals surface area (Å²) in [5.41, 5.74) is 8.60. The van der Waals surface area contributed by atoms with Crippen LogP contribution in [-0.2, 0) is 0 Å². The quantitative estimate of drug-likeness (QED) is 0.173. The van der Waals surface area contributed by atoms with Crippen molar-refractivity contribution in [3.63, 3.8) is 0 Å². The van der Waals surface area contributed by atoms with Crippen molar-refractivity contribution in [2.24, 2.45) is 0 Å². The van der Waals surface area contributed by atoms with Gasteiger partial charge in [0.2, 0.25) is 0 Å². The number of nitrogens with zero attached hydrogens (tertiary/aromatic N) is 4. The second kappa shape index (κ2) is 14.7. The van der Waals surface area contributed by atoms with Gasteiger partial charge in [-0.15, -0.1) is 34.0 Å². The van der Waals surface area contributed by atoms with Gasteiger partial charge in [0.1, 0.15) is 0 Å². The Morgan fingerprint density at radius 3 is 1.34 bits per heavy atom. The Hall–Kier alpha value is -8.07. The van der Waals surface area contributed by atoms with Gasteiger partial charge in [0.05, 0.1) is 16.7 Å². The molecule has 0 aliphatic carbocycles. The van der Waals surface area contributed by atoms with E-state index in [0.717, 1.165) is 39.0 Å². The van der Waals surface area contributed by atoms with Crippen LogP contribution in [0.2, 0.25) is 0 Å². The van der Waals surface area contributed by atoms with Gasteiger partial charge in [0.25, 0.3) is 0 Å². The van der Waals surface area contributed by atoms with E-state index in [4.69, 9.17) is 15.0 Å². The number of hydrogen-bond acceptors (Lipinski definition) is 6. The standard InChI is InChI=1S/C61H34N4S3/c1-2-15-36-34-49-45(32-35(36)14-1)38-16-3-7-23-47(38)65(49)48-31-30-37(33-46(48)39-20-11-27-53-56(39)40-17-4-8-24-50(40)66-53)59-62-60(43-21-12-28-54-57(43)41-18-5-9-25-51(41)67-54)64-61(63-59)44-22-13-29-55-58(44)42-19-6-10-26-52(42)68-55/h1-34H. The molecule has 15 rings (SSSR count). The van der Waals surface area contributed by atoms with Crippen LogP contribution in [0.4, 0.5) is 0 Å². The molecule has 0 atom stereocenters. The molecule has 0 saturated heterocycles. The third-order valence-electron chi connectivity index (χ3n) is 13.7. The molecule has 316 valence electrons. The SMILES string of the molecule is c1ccc2cc3c(cc2c1)c1ccccc1n3-c1ccc(-c2nc(-c3cccc4sc5ccccc5c34)nc(-c3cccc4sc5ccccc5c34)n2)cc1-c1cccc2sc3ccccc3c12. The van der Waals surface area contributed by atoms with Crippen LogP contribution in [0.3, 0.4) is 0 Å². The molecular formula is C61H34N4S3. The summed E-state index contributed by atoms with van der Waals surface area (Å²) >= 11 is 5.46. The molecule has 0 spiro atoms. The van der Waals surface area contributed by atoms with Gasteiger partial charge in [-0.25, -0.2) is 15.0 Å². The summed E-state index contributed by atoms with van der Waals surface area (Å²) in [6.07, 6.45) is 0. The summed E-state index contributed by atoms with van der Waals surface area (Å²) in [7, 11) is 0. The van der Waals surface area contributed by atoms with E-state index >= 15 is 0 Å². The topological polar surface area (TPSA) is 43.6 Å². The average molecular weight is 919 g/mol. The van der Waals surface area contributed by atoms with Crippen molar-refractivity contribution in [2.75, 3.05) is 0 Å². The summed E-state index contributed by atoms with van der Waals surface area (Å²) in [5.74, 6) is 1.93. The maximum Gasteiger partial charge on any atom is 0.164 e. The van der Waals surface area contributed by atoms with Crippen molar-refractivity contribution in [3.05, 3.63) is 206 Å². The minimum atomic E-state index is 0.626. The Kier molecular flexibility index (Phi) is 8.24. The Morgan fingerprint density at radius 2 is 0.750 bits per heavy atom. The zero-order valence-corrected chi connectivity index (χ0v) is 38.6. The van der Waals surface area contributed by atoms with E-state index in [0.29, 0.717) is 17.5 Å². The molecule has 5 heterocycles. The highest BCUT2D eigenvalue weighted by Crippen LogP contribution is 2.46. The minimum Gasteiger partial charge on any atom is -0.309 e. The number of benzene rings is 10. The molecule has 0 N–H and O–H groups in total. The van der Waals surface area contributed by atoms with E-state index < -0.39 is 0 Å². The maximum atomic E-state index is 5.51. The Balaban J connectivity index is 1.05. The van der Waals surface area contributed by atoms with Gasteiger partial charge in [-0.2, -0.15) is 0 Å². The third kappa shape index (κ3) is 5.67. The summed E-state index contributed by atoms with van der Waals surface area (Å²) < 4.78 is 9.90. The molecular weight excluding hydrogens is 885 g/mol. The van der Waals surface area contributed by atoms with Gasteiger partial charge in [-0.3, -0.25) is 0 Å². The fraction of sp³-hybridized carbons (Fsp3) is 0. The van der Waals surface area contributed by atoms with Crippen molar-refractivity contribution >= 4 is 127 Å². The van der Waals surface area contributed by atoms with Crippen LogP contribution in [0.25, 0.3) is 144 Å². The molecule has 5 aromatic heterocycles. The highest BCUT2D eigenvalue weighted by atomic mass is 32.1. The van der Waals surface area contributed by atoms with E-state index in [1.165, 1.54) is 87.6 Å². The molecule has 15 aromatic rings. The third-order valence-corrected chi connectivity index (χ3v) is 17.1. The van der Waals surface area contributed by atoms with Gasteiger partial charge in [-0.05, 0) is 89.1 Å². The molecule has 0 aliphatic rings. The van der Waals surface area contributed by atoms with Crippen LogP contribution in [0, 0.1) is 0 Å². The van der Waals surface area contributed by atoms with Crippen molar-refractivity contribution in [3.8, 4) is 51.0 Å². The summed E-state index contributed by atoms with van der Waals surface area (Å²) in [4.78, 5) is 16.5. The van der Waals surface area contributed by atoms with Crippen molar-refractivity contribution in [1.29, 1.82) is 0 Å². The van der Waals surface area contributed by atoms with E-state index in [-0.39, 0.29) is 0 Å². The summed E-state index contributed by atoms with van der Waals surface area (Å²) in [6.45, 7) is 0. The summed E-state index contributed by atoms with van der Waals surface area (Å²) in [5, 5.41) is 12.1. The van der Waals surface area contributed by atoms with Crippen LogP contribution in [0.15, 0.2) is 206 Å². The normalized spacial score (nSPS) is 12.1. The molecule has 10 aromatic carbocycles. The molecule has 68 heavy (non-hydrogen) atoms. The Morgan fingerprint density at radius 1 is 0.294 bits per heavy atom. The summed E-state index contributed by atoms with van der Waals surface area (Å²) in [6, 6.07) is 75.0. The first-order valence-electron chi connectivity index (χ1n) is 22.7. The molecule has 0 aliphatic heterocycles. The second-order valence-electron chi connectivity index (χ2n) is 17.4. The average Bonchev–Trinajstić information content (AvgIpc) is 4.16. The number of rotatable bonds is 5. The molecule has 0 fully saturated rings. The second-order valence-corrected chi connectivity index (χ2v) is 20.7. The maximum absolute atomic E-state index is 5.51. The lowest BCUT2D eigenvalue weighted by Gasteiger charge is -2.17. The first-order chi connectivity index (χ1) is 33.7. The number of fused-ring (bicyclic) bond motifs is 13. The number of aromatic nitrogens is 4. The Bertz CT molecular complexity index is 4460. The van der Waals surface area contributed by atoms with Crippen LogP contribution in [0.1, 0.15) is 0 Å². The van der Waals surface area contributed by atoms with E-state index in [1.54, 1.807) is 0 Å². The largest absolute Gasteiger partial charge is 0.309 e. The van der Waals surface area contributed by atoms with Gasteiger partial charge in [0, 0.05) is 93.5 Å². The van der Waals surface area contributed by atoms with Crippen molar-refractivity contribution < 1.29 is 0 Å². The van der Waals surface area contributed by atoms with Crippen LogP contribution >= 0.6 is 34.0 Å². The highest BCUT2D eigenvalue weighted by Gasteiger charge is 2.23. The number of thiophene rings is 3. The van der Waals surface area contributed by atoms with Gasteiger partial charge in [-0.1, -0.05) is 133 Å². The number of hydrogen-bond donors (Lipinski definition) is 0. The zero-order valence-electron chi connectivity index (χ0n) is 36.1. The molecule has 0 radical (unpaired) electrons. The monoisotopic (exact) mass is 918 g/mol. The van der Waals surface area contributed by atoms with E-state index in [1.807, 2.05) is 34.0 Å². The molecule has 0 saturated carbocycles. The van der Waals surface area contributed by atoms with Crippen LogP contribution in [-0.4, -0.2) is 19.5 Å². The Labute approximate surface area is 401 Å². The van der Waals surface area contributed by atoms with Crippen molar-refractivity contribution in [2.45, 2.75) is 0 Å². The van der Waals surface area contributed by atoms with Crippen LogP contribution < -0.4 is 0 Å². The van der Waals surface area contributed by atoms with Gasteiger partial charge >= 0.3 is 0 Å². The molecule has 7 heteroatoms. The lowest BCUT2D eigenvalue weighted by Crippen LogP contribution is -2.02.